The molecule has 0 aromatic heterocycles. The van der Waals surface area contributed by atoms with Gasteiger partial charge in [-0.25, -0.2) is 0 Å². The number of carbonyl (C=O) groups excluding carboxylic acids is 2. The summed E-state index contributed by atoms with van der Waals surface area (Å²) in [5.74, 6) is -0.154. The Morgan fingerprint density at radius 2 is 1.54 bits per heavy atom. The second kappa shape index (κ2) is 10.1. The molecule has 0 saturated carbocycles. The molecule has 2 aromatic rings. The Hall–Kier alpha value is -2.62. The molecule has 0 unspecified atom stereocenters. The summed E-state index contributed by atoms with van der Waals surface area (Å²) in [4.78, 5) is 27.6. The molecule has 2 atom stereocenters. The molecule has 4 heteroatoms. The summed E-state index contributed by atoms with van der Waals surface area (Å²) in [6.45, 7) is 10.3. The number of hydrogen-bond donors (Lipinski definition) is 1. The monoisotopic (exact) mass is 380 g/mol. The molecule has 0 heterocycles. The Labute approximate surface area is 169 Å². The van der Waals surface area contributed by atoms with Crippen LogP contribution in [0.5, 0.6) is 0 Å². The van der Waals surface area contributed by atoms with Gasteiger partial charge in [-0.2, -0.15) is 0 Å². The highest BCUT2D eigenvalue weighted by atomic mass is 16.2. The third kappa shape index (κ3) is 6.22. The van der Waals surface area contributed by atoms with Gasteiger partial charge in [0.1, 0.15) is 6.04 Å². The summed E-state index contributed by atoms with van der Waals surface area (Å²) >= 11 is 0. The SMILES string of the molecule is CC[C@H](C)NC(=O)[C@H](C)N(Cc1cccc(C)c1)C(=O)Cc1cccc(C)c1. The van der Waals surface area contributed by atoms with Crippen molar-refractivity contribution in [3.8, 4) is 0 Å². The van der Waals surface area contributed by atoms with Crippen molar-refractivity contribution in [2.24, 2.45) is 0 Å². The predicted octanol–water partition coefficient (Wildman–Crippen LogP) is 4.18. The summed E-state index contributed by atoms with van der Waals surface area (Å²) < 4.78 is 0. The standard InChI is InChI=1S/C24H32N2O2/c1-6-19(4)25-24(28)20(5)26(16-22-12-8-10-18(3)14-22)23(27)15-21-11-7-9-17(2)13-21/h7-14,19-20H,6,15-16H2,1-5H3,(H,25,28)/t19-,20-/m0/s1. The summed E-state index contributed by atoms with van der Waals surface area (Å²) in [6.07, 6.45) is 1.14. The van der Waals surface area contributed by atoms with Crippen LogP contribution in [-0.4, -0.2) is 28.8 Å². The summed E-state index contributed by atoms with van der Waals surface area (Å²) in [5.41, 5.74) is 4.26. The van der Waals surface area contributed by atoms with Gasteiger partial charge in [0.2, 0.25) is 11.8 Å². The van der Waals surface area contributed by atoms with E-state index in [1.807, 2.05) is 77.1 Å². The molecule has 0 radical (unpaired) electrons. The zero-order valence-electron chi connectivity index (χ0n) is 17.7. The first-order chi connectivity index (χ1) is 13.3. The molecule has 0 aliphatic carbocycles. The number of rotatable bonds is 8. The fourth-order valence-electron chi connectivity index (χ4n) is 3.15. The lowest BCUT2D eigenvalue weighted by molar-refractivity contribution is -0.140. The third-order valence-corrected chi connectivity index (χ3v) is 5.04. The molecule has 1 N–H and O–H groups in total. The average molecular weight is 381 g/mol. The van der Waals surface area contributed by atoms with E-state index in [-0.39, 0.29) is 24.3 Å². The smallest absolute Gasteiger partial charge is 0.242 e. The van der Waals surface area contributed by atoms with Gasteiger partial charge >= 0.3 is 0 Å². The van der Waals surface area contributed by atoms with E-state index in [2.05, 4.69) is 11.4 Å². The number of amides is 2. The lowest BCUT2D eigenvalue weighted by Crippen LogP contribution is -2.49. The molecule has 2 rings (SSSR count). The van der Waals surface area contributed by atoms with Crippen molar-refractivity contribution in [3.63, 3.8) is 0 Å². The molecular weight excluding hydrogens is 348 g/mol. The van der Waals surface area contributed by atoms with Crippen molar-refractivity contribution in [3.05, 3.63) is 70.8 Å². The molecule has 150 valence electrons. The van der Waals surface area contributed by atoms with Crippen molar-refractivity contribution in [2.45, 2.75) is 66.1 Å². The van der Waals surface area contributed by atoms with Crippen LogP contribution in [-0.2, 0) is 22.6 Å². The number of nitrogens with zero attached hydrogens (tertiary/aromatic N) is 1. The van der Waals surface area contributed by atoms with Crippen LogP contribution >= 0.6 is 0 Å². The number of aryl methyl sites for hydroxylation is 2. The minimum atomic E-state index is -0.535. The number of hydrogen-bond acceptors (Lipinski definition) is 2. The van der Waals surface area contributed by atoms with E-state index in [4.69, 9.17) is 0 Å². The van der Waals surface area contributed by atoms with Gasteiger partial charge < -0.3 is 10.2 Å². The van der Waals surface area contributed by atoms with Crippen LogP contribution < -0.4 is 5.32 Å². The zero-order valence-corrected chi connectivity index (χ0v) is 17.7. The van der Waals surface area contributed by atoms with E-state index >= 15 is 0 Å². The molecule has 0 saturated heterocycles. The fourth-order valence-corrected chi connectivity index (χ4v) is 3.15. The lowest BCUT2D eigenvalue weighted by Gasteiger charge is -2.30. The first kappa shape index (κ1) is 21.7. The van der Waals surface area contributed by atoms with Crippen molar-refractivity contribution in [2.75, 3.05) is 0 Å². The Morgan fingerprint density at radius 3 is 2.11 bits per heavy atom. The van der Waals surface area contributed by atoms with Gasteiger partial charge in [0.25, 0.3) is 0 Å². The topological polar surface area (TPSA) is 49.4 Å². The summed E-state index contributed by atoms with van der Waals surface area (Å²) in [6, 6.07) is 15.6. The van der Waals surface area contributed by atoms with Crippen molar-refractivity contribution < 1.29 is 9.59 Å². The van der Waals surface area contributed by atoms with Crippen LogP contribution in [0, 0.1) is 13.8 Å². The van der Waals surface area contributed by atoms with E-state index < -0.39 is 6.04 Å². The minimum Gasteiger partial charge on any atom is -0.352 e. The number of nitrogens with one attached hydrogen (secondary N) is 1. The molecule has 2 aromatic carbocycles. The highest BCUT2D eigenvalue weighted by Crippen LogP contribution is 2.14. The van der Waals surface area contributed by atoms with E-state index in [9.17, 15) is 9.59 Å². The highest BCUT2D eigenvalue weighted by Gasteiger charge is 2.26. The van der Waals surface area contributed by atoms with Gasteiger partial charge in [-0.1, -0.05) is 66.6 Å². The van der Waals surface area contributed by atoms with Crippen LogP contribution in [0.2, 0.25) is 0 Å². The average Bonchev–Trinajstić information content (AvgIpc) is 2.65. The summed E-state index contributed by atoms with van der Waals surface area (Å²) in [7, 11) is 0. The zero-order chi connectivity index (χ0) is 20.7. The van der Waals surface area contributed by atoms with E-state index in [0.29, 0.717) is 6.54 Å². The maximum atomic E-state index is 13.2. The Morgan fingerprint density at radius 1 is 0.964 bits per heavy atom. The van der Waals surface area contributed by atoms with E-state index in [1.165, 1.54) is 0 Å². The van der Waals surface area contributed by atoms with Crippen LogP contribution in [0.1, 0.15) is 49.4 Å². The minimum absolute atomic E-state index is 0.0427. The van der Waals surface area contributed by atoms with Gasteiger partial charge in [0.05, 0.1) is 6.42 Å². The van der Waals surface area contributed by atoms with Gasteiger partial charge in [0.15, 0.2) is 0 Å². The molecule has 2 amide bonds. The largest absolute Gasteiger partial charge is 0.352 e. The van der Waals surface area contributed by atoms with Gasteiger partial charge in [-0.15, -0.1) is 0 Å². The molecule has 0 aliphatic heterocycles. The van der Waals surface area contributed by atoms with Crippen LogP contribution in [0.3, 0.4) is 0 Å². The van der Waals surface area contributed by atoms with Crippen LogP contribution in [0.4, 0.5) is 0 Å². The lowest BCUT2D eigenvalue weighted by atomic mass is 10.1. The van der Waals surface area contributed by atoms with Crippen molar-refractivity contribution in [1.29, 1.82) is 0 Å². The molecular formula is C24H32N2O2. The second-order valence-corrected chi connectivity index (χ2v) is 7.67. The third-order valence-electron chi connectivity index (χ3n) is 5.04. The molecule has 0 aliphatic rings. The molecule has 0 bridgehead atoms. The molecule has 0 fully saturated rings. The normalized spacial score (nSPS) is 12.9. The molecule has 0 spiro atoms. The van der Waals surface area contributed by atoms with Crippen molar-refractivity contribution in [1.82, 2.24) is 10.2 Å². The Kier molecular flexibility index (Phi) is 7.80. The second-order valence-electron chi connectivity index (χ2n) is 7.67. The van der Waals surface area contributed by atoms with Gasteiger partial charge in [-0.3, -0.25) is 9.59 Å². The van der Waals surface area contributed by atoms with Crippen LogP contribution in [0.15, 0.2) is 48.5 Å². The summed E-state index contributed by atoms with van der Waals surface area (Å²) in [5, 5.41) is 3.00. The number of carbonyl (C=O) groups is 2. The molecule has 28 heavy (non-hydrogen) atoms. The quantitative estimate of drug-likeness (QED) is 0.747. The first-order valence-corrected chi connectivity index (χ1v) is 10.0. The number of benzene rings is 2. The Bertz CT molecular complexity index is 816. The molecule has 4 nitrogen and oxygen atoms in total. The van der Waals surface area contributed by atoms with Gasteiger partial charge in [0, 0.05) is 12.6 Å². The Balaban J connectivity index is 2.23. The van der Waals surface area contributed by atoms with Gasteiger partial charge in [-0.05, 0) is 45.2 Å². The van der Waals surface area contributed by atoms with Crippen LogP contribution in [0.25, 0.3) is 0 Å². The van der Waals surface area contributed by atoms with Crippen molar-refractivity contribution >= 4 is 11.8 Å². The van der Waals surface area contributed by atoms with E-state index in [0.717, 1.165) is 28.7 Å². The van der Waals surface area contributed by atoms with E-state index in [1.54, 1.807) is 4.90 Å². The maximum Gasteiger partial charge on any atom is 0.242 e. The predicted molar refractivity (Wildman–Crippen MR) is 114 cm³/mol. The first-order valence-electron chi connectivity index (χ1n) is 10.0. The fraction of sp³-hybridized carbons (Fsp3) is 0.417. The highest BCUT2D eigenvalue weighted by molar-refractivity contribution is 5.88. The maximum absolute atomic E-state index is 13.2.